The minimum absolute atomic E-state index is 0.0249. The van der Waals surface area contributed by atoms with Gasteiger partial charge in [-0.1, -0.05) is 13.0 Å². The second-order valence-electron chi connectivity index (χ2n) is 8.25. The van der Waals surface area contributed by atoms with E-state index < -0.39 is 10.0 Å². The first-order chi connectivity index (χ1) is 14.9. The Morgan fingerprint density at radius 2 is 2.00 bits per heavy atom. The van der Waals surface area contributed by atoms with Gasteiger partial charge in [0.2, 0.25) is 15.9 Å². The van der Waals surface area contributed by atoms with Crippen molar-refractivity contribution in [1.29, 1.82) is 0 Å². The van der Waals surface area contributed by atoms with Gasteiger partial charge in [0.15, 0.2) is 0 Å². The Bertz CT molecular complexity index is 1130. The lowest BCUT2D eigenvalue weighted by Crippen LogP contribution is -2.37. The summed E-state index contributed by atoms with van der Waals surface area (Å²) in [5.74, 6) is 0.604. The SMILES string of the molecule is CC1CCN(S(=O)(=O)c2ccc3c(ccn3CCC(=O)NCCc3cccs3)c2)CC1. The van der Waals surface area contributed by atoms with E-state index in [0.717, 1.165) is 30.2 Å². The molecule has 3 aromatic rings. The Hall–Kier alpha value is -2.16. The third-order valence-corrected chi connectivity index (χ3v) is 8.81. The molecule has 0 radical (unpaired) electrons. The highest BCUT2D eigenvalue weighted by atomic mass is 32.2. The first kappa shape index (κ1) is 22.0. The van der Waals surface area contributed by atoms with Crippen LogP contribution in [-0.4, -0.2) is 42.8 Å². The number of thiophene rings is 1. The summed E-state index contributed by atoms with van der Waals surface area (Å²) in [7, 11) is -3.46. The zero-order valence-corrected chi connectivity index (χ0v) is 19.4. The lowest BCUT2D eigenvalue weighted by molar-refractivity contribution is -0.121. The van der Waals surface area contributed by atoms with Crippen molar-refractivity contribution in [3.05, 3.63) is 52.9 Å². The van der Waals surface area contributed by atoms with Gasteiger partial charge in [-0.2, -0.15) is 4.31 Å². The molecule has 1 N–H and O–H groups in total. The molecule has 4 rings (SSSR count). The molecule has 3 heterocycles. The normalized spacial score (nSPS) is 16.0. The minimum Gasteiger partial charge on any atom is -0.356 e. The van der Waals surface area contributed by atoms with E-state index in [1.807, 2.05) is 34.3 Å². The number of aryl methyl sites for hydroxylation is 1. The van der Waals surface area contributed by atoms with E-state index in [4.69, 9.17) is 0 Å². The summed E-state index contributed by atoms with van der Waals surface area (Å²) in [5.41, 5.74) is 0.942. The largest absolute Gasteiger partial charge is 0.356 e. The molecule has 0 atom stereocenters. The molecular formula is C23H29N3O3S2. The second kappa shape index (κ2) is 9.54. The lowest BCUT2D eigenvalue weighted by atomic mass is 10.0. The highest BCUT2D eigenvalue weighted by molar-refractivity contribution is 7.89. The van der Waals surface area contributed by atoms with Gasteiger partial charge in [0.05, 0.1) is 4.90 Å². The molecule has 1 saturated heterocycles. The Labute approximate surface area is 187 Å². The number of hydrogen-bond acceptors (Lipinski definition) is 4. The van der Waals surface area contributed by atoms with Gasteiger partial charge in [-0.25, -0.2) is 8.42 Å². The zero-order chi connectivity index (χ0) is 21.8. The van der Waals surface area contributed by atoms with Crippen molar-refractivity contribution in [2.45, 2.75) is 44.0 Å². The first-order valence-electron chi connectivity index (χ1n) is 10.8. The molecule has 0 bridgehead atoms. The molecule has 8 heteroatoms. The number of nitrogens with zero attached hydrogens (tertiary/aromatic N) is 2. The zero-order valence-electron chi connectivity index (χ0n) is 17.8. The number of sulfonamides is 1. The maximum absolute atomic E-state index is 13.0. The van der Waals surface area contributed by atoms with Crippen LogP contribution in [0.3, 0.4) is 0 Å². The van der Waals surface area contributed by atoms with Crippen LogP contribution < -0.4 is 5.32 Å². The van der Waals surface area contributed by atoms with E-state index in [1.165, 1.54) is 4.88 Å². The first-order valence-corrected chi connectivity index (χ1v) is 13.1. The standard InChI is InChI=1S/C23H29N3O3S2/c1-18-7-14-26(15-8-18)31(28,29)21-4-5-22-19(17-21)9-12-25(22)13-10-23(27)24-11-6-20-3-2-16-30-20/h2-5,9,12,16-18H,6-8,10-11,13-15H2,1H3,(H,24,27). The fourth-order valence-electron chi connectivity index (χ4n) is 4.00. The summed E-state index contributed by atoms with van der Waals surface area (Å²) < 4.78 is 29.6. The van der Waals surface area contributed by atoms with Crippen molar-refractivity contribution < 1.29 is 13.2 Å². The number of rotatable bonds is 8. The third kappa shape index (κ3) is 5.19. The molecular weight excluding hydrogens is 430 g/mol. The predicted molar refractivity (Wildman–Crippen MR) is 125 cm³/mol. The summed E-state index contributed by atoms with van der Waals surface area (Å²) in [6, 6.07) is 11.3. The van der Waals surface area contributed by atoms with Gasteiger partial charge in [-0.3, -0.25) is 4.79 Å². The quantitative estimate of drug-likeness (QED) is 0.556. The van der Waals surface area contributed by atoms with E-state index in [-0.39, 0.29) is 5.91 Å². The average Bonchev–Trinajstić information content (AvgIpc) is 3.42. The number of benzene rings is 1. The molecule has 6 nitrogen and oxygen atoms in total. The summed E-state index contributed by atoms with van der Waals surface area (Å²) in [5, 5.41) is 5.89. The van der Waals surface area contributed by atoms with E-state index in [1.54, 1.807) is 27.8 Å². The second-order valence-corrected chi connectivity index (χ2v) is 11.2. The number of amides is 1. The van der Waals surface area contributed by atoms with E-state index in [0.29, 0.717) is 43.4 Å². The molecule has 1 aliphatic heterocycles. The molecule has 166 valence electrons. The van der Waals surface area contributed by atoms with Crippen molar-refractivity contribution in [3.8, 4) is 0 Å². The number of piperidine rings is 1. The molecule has 1 amide bonds. The van der Waals surface area contributed by atoms with Gasteiger partial charge >= 0.3 is 0 Å². The maximum Gasteiger partial charge on any atom is 0.243 e. The topological polar surface area (TPSA) is 71.4 Å². The number of hydrogen-bond donors (Lipinski definition) is 1. The number of aromatic nitrogens is 1. The third-order valence-electron chi connectivity index (χ3n) is 5.98. The Kier molecular flexibility index (Phi) is 6.79. The van der Waals surface area contributed by atoms with Gasteiger partial charge in [0.25, 0.3) is 0 Å². The van der Waals surface area contributed by atoms with Crippen LogP contribution in [-0.2, 0) is 27.8 Å². The Morgan fingerprint density at radius 1 is 1.19 bits per heavy atom. The van der Waals surface area contributed by atoms with E-state index in [9.17, 15) is 13.2 Å². The predicted octanol–water partition coefficient (Wildman–Crippen LogP) is 3.87. The number of nitrogens with one attached hydrogen (secondary N) is 1. The lowest BCUT2D eigenvalue weighted by Gasteiger charge is -2.29. The fourth-order valence-corrected chi connectivity index (χ4v) is 6.21. The van der Waals surface area contributed by atoms with Crippen LogP contribution in [0, 0.1) is 5.92 Å². The van der Waals surface area contributed by atoms with Crippen LogP contribution >= 0.6 is 11.3 Å². The molecule has 0 aliphatic carbocycles. The van der Waals surface area contributed by atoms with E-state index in [2.05, 4.69) is 18.3 Å². The van der Waals surface area contributed by atoms with Crippen molar-refractivity contribution in [1.82, 2.24) is 14.2 Å². The number of carbonyl (C=O) groups excluding carboxylic acids is 1. The number of carbonyl (C=O) groups is 1. The molecule has 0 unspecified atom stereocenters. The summed E-state index contributed by atoms with van der Waals surface area (Å²) >= 11 is 1.70. The highest BCUT2D eigenvalue weighted by Crippen LogP contribution is 2.26. The molecule has 31 heavy (non-hydrogen) atoms. The van der Waals surface area contributed by atoms with E-state index >= 15 is 0 Å². The Balaban J connectivity index is 1.36. The van der Waals surface area contributed by atoms with Crippen LogP contribution in [0.15, 0.2) is 52.9 Å². The maximum atomic E-state index is 13.0. The number of fused-ring (bicyclic) bond motifs is 1. The van der Waals surface area contributed by atoms with Gasteiger partial charge in [0.1, 0.15) is 0 Å². The van der Waals surface area contributed by atoms with Crippen molar-refractivity contribution in [2.24, 2.45) is 5.92 Å². The summed E-state index contributed by atoms with van der Waals surface area (Å²) in [4.78, 5) is 13.8. The minimum atomic E-state index is -3.46. The smallest absolute Gasteiger partial charge is 0.243 e. The van der Waals surface area contributed by atoms with Gasteiger partial charge < -0.3 is 9.88 Å². The summed E-state index contributed by atoms with van der Waals surface area (Å²) in [6.07, 6.45) is 4.98. The summed E-state index contributed by atoms with van der Waals surface area (Å²) in [6.45, 7) is 4.55. The van der Waals surface area contributed by atoms with Crippen LogP contribution in [0.25, 0.3) is 10.9 Å². The molecule has 1 aromatic carbocycles. The fraction of sp³-hybridized carbons (Fsp3) is 0.435. The Morgan fingerprint density at radius 3 is 2.74 bits per heavy atom. The molecule has 0 spiro atoms. The van der Waals surface area contributed by atoms with Crippen molar-refractivity contribution >= 4 is 38.2 Å². The monoisotopic (exact) mass is 459 g/mol. The van der Waals surface area contributed by atoms with Crippen LogP contribution in [0.4, 0.5) is 0 Å². The van der Waals surface area contributed by atoms with Gasteiger partial charge in [-0.05, 0) is 60.9 Å². The molecule has 1 fully saturated rings. The average molecular weight is 460 g/mol. The van der Waals surface area contributed by atoms with Crippen LogP contribution in [0.5, 0.6) is 0 Å². The van der Waals surface area contributed by atoms with Crippen molar-refractivity contribution in [2.75, 3.05) is 19.6 Å². The van der Waals surface area contributed by atoms with Crippen molar-refractivity contribution in [3.63, 3.8) is 0 Å². The highest BCUT2D eigenvalue weighted by Gasteiger charge is 2.28. The van der Waals surface area contributed by atoms with Gasteiger partial charge in [0, 0.05) is 54.6 Å². The molecule has 2 aromatic heterocycles. The van der Waals surface area contributed by atoms with Gasteiger partial charge in [-0.15, -0.1) is 11.3 Å². The molecule has 1 aliphatic rings. The van der Waals surface area contributed by atoms with Crippen LogP contribution in [0.2, 0.25) is 0 Å². The van der Waals surface area contributed by atoms with Crippen LogP contribution in [0.1, 0.15) is 31.1 Å². The molecule has 0 saturated carbocycles.